The Bertz CT molecular complexity index is 192. The first kappa shape index (κ1) is 16.5. The highest BCUT2D eigenvalue weighted by Gasteiger charge is 2.12. The van der Waals surface area contributed by atoms with Crippen molar-refractivity contribution in [3.8, 4) is 0 Å². The lowest BCUT2D eigenvalue weighted by Gasteiger charge is -2.30. The van der Waals surface area contributed by atoms with Crippen LogP contribution < -0.4 is 0 Å². The average molecular weight is 267 g/mol. The lowest BCUT2D eigenvalue weighted by molar-refractivity contribution is 0.173. The maximum atomic E-state index is 11.0. The van der Waals surface area contributed by atoms with Gasteiger partial charge in [-0.15, -0.1) is 0 Å². The molecule has 0 heterocycles. The van der Waals surface area contributed by atoms with Crippen LogP contribution in [0.1, 0.15) is 40.5 Å². The zero-order valence-corrected chi connectivity index (χ0v) is 13.0. The molecule has 16 heavy (non-hydrogen) atoms. The molecule has 0 spiro atoms. The van der Waals surface area contributed by atoms with Gasteiger partial charge in [-0.2, -0.15) is 0 Å². The summed E-state index contributed by atoms with van der Waals surface area (Å²) in [6, 6.07) is 1.21. The van der Waals surface area contributed by atoms with Crippen LogP contribution in [0.15, 0.2) is 0 Å². The Hall–Kier alpha value is 0.500. The van der Waals surface area contributed by atoms with Gasteiger partial charge in [0.05, 0.1) is 0 Å². The smallest absolute Gasteiger partial charge is 0.246 e. The quantitative estimate of drug-likeness (QED) is 0.471. The van der Waals surface area contributed by atoms with Crippen molar-refractivity contribution in [1.29, 1.82) is 0 Å². The van der Waals surface area contributed by atoms with E-state index < -0.39 is 7.23 Å². The van der Waals surface area contributed by atoms with Crippen LogP contribution in [0.3, 0.4) is 0 Å². The van der Waals surface area contributed by atoms with E-state index in [1.807, 2.05) is 0 Å². The number of nitrogens with zero attached hydrogens (tertiary/aromatic N) is 1. The molecule has 0 aliphatic heterocycles. The van der Waals surface area contributed by atoms with Gasteiger partial charge in [0.15, 0.2) is 0 Å². The summed E-state index contributed by atoms with van der Waals surface area (Å²) in [5.74, 6) is 0.940. The molecule has 0 saturated carbocycles. The molecule has 5 heteroatoms. The fourth-order valence-corrected chi connectivity index (χ4v) is 3.64. The zero-order valence-electron chi connectivity index (χ0n) is 11.2. The van der Waals surface area contributed by atoms with Gasteiger partial charge in [-0.25, -0.2) is 0 Å². The van der Waals surface area contributed by atoms with Crippen molar-refractivity contribution in [3.05, 3.63) is 0 Å². The topological polar surface area (TPSA) is 29.5 Å². The Morgan fingerprint density at radius 1 is 1.19 bits per heavy atom. The van der Waals surface area contributed by atoms with E-state index in [0.717, 1.165) is 18.7 Å². The average Bonchev–Trinajstić information content (AvgIpc) is 2.21. The van der Waals surface area contributed by atoms with Gasteiger partial charge in [0.2, 0.25) is 7.23 Å². The summed E-state index contributed by atoms with van der Waals surface area (Å²) in [6.07, 6.45) is 2.28. The highest BCUT2D eigenvalue weighted by molar-refractivity contribution is 8.50. The van der Waals surface area contributed by atoms with Crippen molar-refractivity contribution in [2.75, 3.05) is 19.4 Å². The van der Waals surface area contributed by atoms with Gasteiger partial charge >= 0.3 is 0 Å². The summed E-state index contributed by atoms with van der Waals surface area (Å²) in [6.45, 7) is 10.1. The Balaban J connectivity index is 3.59. The lowest BCUT2D eigenvalue weighted by Crippen LogP contribution is -2.37. The minimum absolute atomic E-state index is 0.603. The SMILES string of the molecule is CO[PH](=O)SCCCCN(C(C)C)C(C)C. The highest BCUT2D eigenvalue weighted by atomic mass is 32.7. The van der Waals surface area contributed by atoms with Crippen molar-refractivity contribution in [2.45, 2.75) is 52.6 Å². The third-order valence-corrected chi connectivity index (χ3v) is 5.41. The molecule has 0 rings (SSSR count). The lowest BCUT2D eigenvalue weighted by atomic mass is 10.2. The maximum absolute atomic E-state index is 11.0. The Kier molecular flexibility index (Phi) is 9.82. The Morgan fingerprint density at radius 2 is 1.75 bits per heavy atom. The van der Waals surface area contributed by atoms with Crippen LogP contribution in [0.25, 0.3) is 0 Å². The first-order valence-electron chi connectivity index (χ1n) is 5.95. The fourth-order valence-electron chi connectivity index (χ4n) is 1.72. The standard InChI is InChI=1S/C11H26NO2PS/c1-10(2)12(11(3)4)8-6-7-9-16-15(13)14-5/h10-11,15H,6-9H2,1-5H3. The van der Waals surface area contributed by atoms with E-state index in [2.05, 4.69) is 32.6 Å². The summed E-state index contributed by atoms with van der Waals surface area (Å²) in [4.78, 5) is 2.49. The molecule has 0 aromatic carbocycles. The second kappa shape index (κ2) is 9.52. The summed E-state index contributed by atoms with van der Waals surface area (Å²) >= 11 is 1.45. The number of hydrogen-bond donors (Lipinski definition) is 0. The highest BCUT2D eigenvalue weighted by Crippen LogP contribution is 2.38. The predicted molar refractivity (Wildman–Crippen MR) is 74.7 cm³/mol. The van der Waals surface area contributed by atoms with Crippen LogP contribution in [0.2, 0.25) is 0 Å². The molecular weight excluding hydrogens is 241 g/mol. The van der Waals surface area contributed by atoms with E-state index in [4.69, 9.17) is 4.52 Å². The van der Waals surface area contributed by atoms with Crippen LogP contribution in [0.5, 0.6) is 0 Å². The molecule has 0 aliphatic rings. The number of unbranched alkanes of at least 4 members (excludes halogenated alkanes) is 1. The minimum Gasteiger partial charge on any atom is -0.326 e. The van der Waals surface area contributed by atoms with Gasteiger partial charge in [-0.1, -0.05) is 11.4 Å². The van der Waals surface area contributed by atoms with Crippen LogP contribution in [-0.4, -0.2) is 36.4 Å². The summed E-state index contributed by atoms with van der Waals surface area (Å²) in [5.41, 5.74) is 0. The molecule has 0 aromatic rings. The molecular formula is C11H26NO2PS. The van der Waals surface area contributed by atoms with Crippen molar-refractivity contribution < 1.29 is 9.09 Å². The van der Waals surface area contributed by atoms with Gasteiger partial charge in [0, 0.05) is 24.9 Å². The van der Waals surface area contributed by atoms with Crippen molar-refractivity contribution in [1.82, 2.24) is 4.90 Å². The third-order valence-electron chi connectivity index (χ3n) is 2.52. The molecule has 0 fully saturated rings. The third kappa shape index (κ3) is 7.72. The Morgan fingerprint density at radius 3 is 2.19 bits per heavy atom. The molecule has 1 atom stereocenters. The van der Waals surface area contributed by atoms with Gasteiger partial charge in [0.25, 0.3) is 0 Å². The largest absolute Gasteiger partial charge is 0.326 e. The van der Waals surface area contributed by atoms with Gasteiger partial charge in [0.1, 0.15) is 0 Å². The molecule has 0 aromatic heterocycles. The second-order valence-electron chi connectivity index (χ2n) is 4.44. The normalized spacial score (nSPS) is 14.0. The molecule has 0 N–H and O–H groups in total. The number of rotatable bonds is 9. The Labute approximate surface area is 105 Å². The molecule has 0 amide bonds. The van der Waals surface area contributed by atoms with Gasteiger partial charge in [-0.3, -0.25) is 9.46 Å². The maximum Gasteiger partial charge on any atom is 0.246 e. The summed E-state index contributed by atoms with van der Waals surface area (Å²) in [5, 5.41) is 0. The fraction of sp³-hybridized carbons (Fsp3) is 1.00. The molecule has 0 aliphatic carbocycles. The number of hydrogen-bond acceptors (Lipinski definition) is 4. The van der Waals surface area contributed by atoms with Gasteiger partial charge in [-0.05, 0) is 47.1 Å². The van der Waals surface area contributed by atoms with Crippen LogP contribution >= 0.6 is 18.6 Å². The van der Waals surface area contributed by atoms with E-state index in [9.17, 15) is 4.57 Å². The molecule has 3 nitrogen and oxygen atoms in total. The molecule has 0 radical (unpaired) electrons. The minimum atomic E-state index is -1.81. The molecule has 0 bridgehead atoms. The van der Waals surface area contributed by atoms with Crippen molar-refractivity contribution >= 4 is 18.6 Å². The van der Waals surface area contributed by atoms with Crippen LogP contribution in [0, 0.1) is 0 Å². The van der Waals surface area contributed by atoms with Crippen molar-refractivity contribution in [2.24, 2.45) is 0 Å². The van der Waals surface area contributed by atoms with E-state index in [0.29, 0.717) is 12.1 Å². The summed E-state index contributed by atoms with van der Waals surface area (Å²) < 4.78 is 15.8. The second-order valence-corrected chi connectivity index (χ2v) is 7.91. The van der Waals surface area contributed by atoms with E-state index >= 15 is 0 Å². The van der Waals surface area contributed by atoms with Gasteiger partial charge < -0.3 is 4.52 Å². The molecule has 1 unspecified atom stereocenters. The van der Waals surface area contributed by atoms with E-state index in [1.54, 1.807) is 0 Å². The molecule has 0 saturated heterocycles. The van der Waals surface area contributed by atoms with E-state index in [-0.39, 0.29) is 0 Å². The predicted octanol–water partition coefficient (Wildman–Crippen LogP) is 3.65. The summed E-state index contributed by atoms with van der Waals surface area (Å²) in [7, 11) is -0.301. The van der Waals surface area contributed by atoms with Crippen molar-refractivity contribution in [3.63, 3.8) is 0 Å². The zero-order chi connectivity index (χ0) is 12.6. The monoisotopic (exact) mass is 267 g/mol. The van der Waals surface area contributed by atoms with E-state index in [1.165, 1.54) is 24.9 Å². The van der Waals surface area contributed by atoms with Crippen LogP contribution in [0.4, 0.5) is 0 Å². The molecule has 98 valence electrons. The van der Waals surface area contributed by atoms with Crippen LogP contribution in [-0.2, 0) is 9.09 Å². The first-order valence-corrected chi connectivity index (χ1v) is 8.98. The first-order chi connectivity index (χ1) is 7.49.